The lowest BCUT2D eigenvalue weighted by Gasteiger charge is -2.13. The third kappa shape index (κ3) is 7.10. The zero-order valence-corrected chi connectivity index (χ0v) is 19.2. The van der Waals surface area contributed by atoms with Crippen molar-refractivity contribution in [3.05, 3.63) is 53.1 Å². The van der Waals surface area contributed by atoms with Crippen LogP contribution in [0.5, 0.6) is 17.2 Å². The summed E-state index contributed by atoms with van der Waals surface area (Å²) in [4.78, 5) is 4.58. The van der Waals surface area contributed by atoms with Crippen molar-refractivity contribution in [3.8, 4) is 17.2 Å². The maximum atomic E-state index is 9.88. The van der Waals surface area contributed by atoms with Gasteiger partial charge < -0.3 is 25.2 Å². The van der Waals surface area contributed by atoms with Gasteiger partial charge in [-0.05, 0) is 49.6 Å². The number of hydrogen-bond acceptors (Lipinski definition) is 4. The molecule has 0 unspecified atom stereocenters. The number of nitrogens with zero attached hydrogens (tertiary/aromatic N) is 1. The normalized spacial score (nSPS) is 10.8. The molecule has 0 spiro atoms. The number of phenolic OH excluding ortho intramolecular Hbond substituents is 1. The standard InChI is InChI=1S/C21H29N3O3.HI/c1-5-22-21(24-14-16-7-9-20(27-4)18(25)13-16)23-11-10-17-12-15(2)6-8-19(17)26-3;/h6-9,12-13,25H,5,10-11,14H2,1-4H3,(H2,22,23,24);1H. The van der Waals surface area contributed by atoms with Gasteiger partial charge in [0.05, 0.1) is 20.8 Å². The van der Waals surface area contributed by atoms with Crippen molar-refractivity contribution >= 4 is 29.9 Å². The number of aryl methyl sites for hydroxylation is 1. The zero-order valence-electron chi connectivity index (χ0n) is 16.9. The third-order valence-corrected chi connectivity index (χ3v) is 4.13. The number of halogens is 1. The highest BCUT2D eigenvalue weighted by Crippen LogP contribution is 2.26. The van der Waals surface area contributed by atoms with Gasteiger partial charge in [0, 0.05) is 13.1 Å². The molecule has 0 aliphatic heterocycles. The molecule has 0 fully saturated rings. The molecule has 2 aromatic carbocycles. The molecule has 0 saturated heterocycles. The van der Waals surface area contributed by atoms with E-state index in [4.69, 9.17) is 9.47 Å². The lowest BCUT2D eigenvalue weighted by Crippen LogP contribution is -2.38. The third-order valence-electron chi connectivity index (χ3n) is 4.13. The average molecular weight is 499 g/mol. The molecule has 0 saturated carbocycles. The van der Waals surface area contributed by atoms with Crippen LogP contribution < -0.4 is 20.1 Å². The van der Waals surface area contributed by atoms with Crippen LogP contribution in [-0.2, 0) is 13.0 Å². The lowest BCUT2D eigenvalue weighted by molar-refractivity contribution is 0.373. The molecule has 2 aromatic rings. The molecule has 0 radical (unpaired) electrons. The predicted molar refractivity (Wildman–Crippen MR) is 124 cm³/mol. The quantitative estimate of drug-likeness (QED) is 0.294. The summed E-state index contributed by atoms with van der Waals surface area (Å²) >= 11 is 0. The van der Waals surface area contributed by atoms with Crippen LogP contribution in [0.15, 0.2) is 41.4 Å². The van der Waals surface area contributed by atoms with Gasteiger partial charge in [-0.15, -0.1) is 24.0 Å². The Hall–Kier alpha value is -2.16. The molecule has 0 aliphatic rings. The summed E-state index contributed by atoms with van der Waals surface area (Å²) in [5.74, 6) is 2.21. The van der Waals surface area contributed by atoms with Crippen LogP contribution in [0.25, 0.3) is 0 Å². The molecule has 6 nitrogen and oxygen atoms in total. The van der Waals surface area contributed by atoms with Crippen LogP contribution in [0.3, 0.4) is 0 Å². The van der Waals surface area contributed by atoms with E-state index in [-0.39, 0.29) is 29.7 Å². The van der Waals surface area contributed by atoms with E-state index >= 15 is 0 Å². The molecule has 3 N–H and O–H groups in total. The van der Waals surface area contributed by atoms with Crippen molar-refractivity contribution in [2.75, 3.05) is 27.3 Å². The first kappa shape index (κ1) is 23.9. The van der Waals surface area contributed by atoms with Crippen molar-refractivity contribution in [2.24, 2.45) is 4.99 Å². The minimum Gasteiger partial charge on any atom is -0.504 e. The topological polar surface area (TPSA) is 75.1 Å². The largest absolute Gasteiger partial charge is 0.504 e. The number of rotatable bonds is 8. The maximum absolute atomic E-state index is 9.88. The molecule has 0 bridgehead atoms. The molecule has 28 heavy (non-hydrogen) atoms. The van der Waals surface area contributed by atoms with E-state index in [9.17, 15) is 5.11 Å². The smallest absolute Gasteiger partial charge is 0.191 e. The lowest BCUT2D eigenvalue weighted by atomic mass is 10.1. The molecular formula is C21H30IN3O3. The molecule has 0 heterocycles. The van der Waals surface area contributed by atoms with Gasteiger partial charge in [0.15, 0.2) is 17.5 Å². The number of guanidine groups is 1. The van der Waals surface area contributed by atoms with Crippen LogP contribution in [0, 0.1) is 6.92 Å². The van der Waals surface area contributed by atoms with Gasteiger partial charge >= 0.3 is 0 Å². The van der Waals surface area contributed by atoms with E-state index in [0.29, 0.717) is 12.3 Å². The van der Waals surface area contributed by atoms with E-state index in [2.05, 4.69) is 28.6 Å². The Labute approximate surface area is 184 Å². The van der Waals surface area contributed by atoms with Gasteiger partial charge in [0.1, 0.15) is 5.75 Å². The van der Waals surface area contributed by atoms with Crippen molar-refractivity contribution in [1.29, 1.82) is 0 Å². The van der Waals surface area contributed by atoms with E-state index in [1.54, 1.807) is 19.2 Å². The highest BCUT2D eigenvalue weighted by atomic mass is 127. The second-order valence-electron chi connectivity index (χ2n) is 6.19. The van der Waals surface area contributed by atoms with Crippen LogP contribution in [0.1, 0.15) is 23.6 Å². The summed E-state index contributed by atoms with van der Waals surface area (Å²) in [6, 6.07) is 11.5. The van der Waals surface area contributed by atoms with E-state index in [1.807, 2.05) is 25.1 Å². The van der Waals surface area contributed by atoms with Crippen LogP contribution >= 0.6 is 24.0 Å². The number of phenols is 1. The molecule has 0 amide bonds. The van der Waals surface area contributed by atoms with Crippen molar-refractivity contribution < 1.29 is 14.6 Å². The second-order valence-corrected chi connectivity index (χ2v) is 6.19. The summed E-state index contributed by atoms with van der Waals surface area (Å²) in [6.07, 6.45) is 0.832. The summed E-state index contributed by atoms with van der Waals surface area (Å²) < 4.78 is 10.5. The number of aliphatic imine (C=N–C) groups is 1. The van der Waals surface area contributed by atoms with Crippen molar-refractivity contribution in [2.45, 2.75) is 26.8 Å². The Kier molecular flexibility index (Phi) is 10.5. The van der Waals surface area contributed by atoms with Crippen molar-refractivity contribution in [1.82, 2.24) is 10.6 Å². The fraction of sp³-hybridized carbons (Fsp3) is 0.381. The average Bonchev–Trinajstić information content (AvgIpc) is 2.66. The Balaban J connectivity index is 0.00000392. The maximum Gasteiger partial charge on any atom is 0.191 e. The fourth-order valence-electron chi connectivity index (χ4n) is 2.76. The number of hydrogen-bond donors (Lipinski definition) is 3. The van der Waals surface area contributed by atoms with Crippen LogP contribution in [0.4, 0.5) is 0 Å². The molecule has 154 valence electrons. The molecule has 0 aromatic heterocycles. The fourth-order valence-corrected chi connectivity index (χ4v) is 2.76. The monoisotopic (exact) mass is 499 g/mol. The number of aromatic hydroxyl groups is 1. The summed E-state index contributed by atoms with van der Waals surface area (Å²) in [7, 11) is 3.22. The first-order valence-electron chi connectivity index (χ1n) is 9.09. The number of benzene rings is 2. The highest BCUT2D eigenvalue weighted by molar-refractivity contribution is 14.0. The number of ether oxygens (including phenoxy) is 2. The molecule has 0 atom stereocenters. The van der Waals surface area contributed by atoms with Crippen LogP contribution in [0.2, 0.25) is 0 Å². The van der Waals surface area contributed by atoms with Crippen LogP contribution in [-0.4, -0.2) is 38.4 Å². The van der Waals surface area contributed by atoms with E-state index in [1.165, 1.54) is 18.2 Å². The van der Waals surface area contributed by atoms with Gasteiger partial charge in [0.25, 0.3) is 0 Å². The van der Waals surface area contributed by atoms with E-state index in [0.717, 1.165) is 36.8 Å². The van der Waals surface area contributed by atoms with E-state index < -0.39 is 0 Å². The Bertz CT molecular complexity index is 781. The zero-order chi connectivity index (χ0) is 19.6. The Morgan fingerprint density at radius 3 is 2.39 bits per heavy atom. The van der Waals surface area contributed by atoms with Gasteiger partial charge in [-0.3, -0.25) is 0 Å². The second kappa shape index (κ2) is 12.3. The van der Waals surface area contributed by atoms with Gasteiger partial charge in [-0.25, -0.2) is 4.99 Å². The summed E-state index contributed by atoms with van der Waals surface area (Å²) in [6.45, 7) is 6.07. The number of methoxy groups -OCH3 is 2. The SMILES string of the molecule is CCNC(=NCc1ccc(OC)c(O)c1)NCCc1cc(C)ccc1OC.I. The Morgan fingerprint density at radius 2 is 1.75 bits per heavy atom. The molecule has 2 rings (SSSR count). The molecular weight excluding hydrogens is 469 g/mol. The minimum atomic E-state index is 0. The highest BCUT2D eigenvalue weighted by Gasteiger charge is 2.05. The first-order chi connectivity index (χ1) is 13.1. The first-order valence-corrected chi connectivity index (χ1v) is 9.09. The van der Waals surface area contributed by atoms with Crippen molar-refractivity contribution in [3.63, 3.8) is 0 Å². The molecule has 0 aliphatic carbocycles. The Morgan fingerprint density at radius 1 is 1.04 bits per heavy atom. The van der Waals surface area contributed by atoms with Gasteiger partial charge in [-0.1, -0.05) is 23.8 Å². The predicted octanol–water partition coefficient (Wildman–Crippen LogP) is 3.63. The number of nitrogens with one attached hydrogen (secondary N) is 2. The van der Waals surface area contributed by atoms with Gasteiger partial charge in [-0.2, -0.15) is 0 Å². The van der Waals surface area contributed by atoms with Gasteiger partial charge in [0.2, 0.25) is 0 Å². The summed E-state index contributed by atoms with van der Waals surface area (Å²) in [5, 5.41) is 16.5. The molecule has 7 heteroatoms. The summed E-state index contributed by atoms with van der Waals surface area (Å²) in [5.41, 5.74) is 3.29. The minimum absolute atomic E-state index is 0.